The number of methoxy groups -OCH3 is 1. The Morgan fingerprint density at radius 3 is 2.46 bits per heavy atom. The molecule has 6 heteroatoms. The van der Waals surface area contributed by atoms with E-state index in [4.69, 9.17) is 9.47 Å². The van der Waals surface area contributed by atoms with Crippen molar-refractivity contribution in [3.05, 3.63) is 70.7 Å². The number of nitrogens with zero attached hydrogens (tertiary/aromatic N) is 2. The van der Waals surface area contributed by atoms with Crippen molar-refractivity contribution < 1.29 is 14.3 Å². The van der Waals surface area contributed by atoms with Crippen molar-refractivity contribution in [2.45, 2.75) is 32.9 Å². The second-order valence-electron chi connectivity index (χ2n) is 7.31. The van der Waals surface area contributed by atoms with Gasteiger partial charge in [0.15, 0.2) is 0 Å². The third-order valence-corrected chi connectivity index (χ3v) is 4.72. The molecule has 0 aliphatic carbocycles. The fourth-order valence-corrected chi connectivity index (χ4v) is 3.31. The van der Waals surface area contributed by atoms with Gasteiger partial charge in [0.1, 0.15) is 11.4 Å². The smallest absolute Gasteiger partial charge is 0.338 e. The molecule has 0 saturated carbocycles. The van der Waals surface area contributed by atoms with Gasteiger partial charge in [-0.3, -0.25) is 4.98 Å². The first-order valence-electron chi connectivity index (χ1n) is 8.98. The zero-order chi connectivity index (χ0) is 20.1. The SMILES string of the molecule is COc1cccc(N(Cc2cncs2)c2cccc(C(=O)OC(C)(C)C)c2)c1. The molecule has 0 bridgehead atoms. The highest BCUT2D eigenvalue weighted by Crippen LogP contribution is 2.31. The normalized spacial score (nSPS) is 11.1. The summed E-state index contributed by atoms with van der Waals surface area (Å²) in [7, 11) is 1.65. The molecule has 0 aliphatic heterocycles. The summed E-state index contributed by atoms with van der Waals surface area (Å²) < 4.78 is 10.9. The van der Waals surface area contributed by atoms with Crippen molar-refractivity contribution in [1.82, 2.24) is 4.98 Å². The number of ether oxygens (including phenoxy) is 2. The van der Waals surface area contributed by atoms with Gasteiger partial charge in [0.2, 0.25) is 0 Å². The molecule has 1 heterocycles. The second kappa shape index (κ2) is 8.44. The number of thiazole rings is 1. The van der Waals surface area contributed by atoms with Crippen LogP contribution in [0.4, 0.5) is 11.4 Å². The van der Waals surface area contributed by atoms with Gasteiger partial charge < -0.3 is 14.4 Å². The van der Waals surface area contributed by atoms with E-state index in [1.807, 2.05) is 74.9 Å². The Morgan fingerprint density at radius 2 is 1.82 bits per heavy atom. The fourth-order valence-electron chi connectivity index (χ4n) is 2.72. The van der Waals surface area contributed by atoms with Crippen LogP contribution >= 0.6 is 11.3 Å². The average Bonchev–Trinajstić information content (AvgIpc) is 3.18. The molecule has 0 N–H and O–H groups in total. The molecule has 2 aromatic carbocycles. The molecule has 0 saturated heterocycles. The summed E-state index contributed by atoms with van der Waals surface area (Å²) in [5.41, 5.74) is 3.65. The highest BCUT2D eigenvalue weighted by atomic mass is 32.1. The molecule has 0 unspecified atom stereocenters. The molecule has 0 amide bonds. The third-order valence-electron chi connectivity index (χ3n) is 3.95. The lowest BCUT2D eigenvalue weighted by molar-refractivity contribution is 0.00695. The van der Waals surface area contributed by atoms with E-state index < -0.39 is 5.60 Å². The maximum absolute atomic E-state index is 12.5. The van der Waals surface area contributed by atoms with Gasteiger partial charge in [-0.15, -0.1) is 11.3 Å². The molecule has 0 radical (unpaired) electrons. The Hall–Kier alpha value is -2.86. The molecular formula is C22H24N2O3S. The number of carbonyl (C=O) groups excluding carboxylic acids is 1. The van der Waals surface area contributed by atoms with E-state index in [-0.39, 0.29) is 5.97 Å². The quantitative estimate of drug-likeness (QED) is 0.519. The van der Waals surface area contributed by atoms with Gasteiger partial charge >= 0.3 is 5.97 Å². The number of hydrogen-bond acceptors (Lipinski definition) is 6. The molecule has 0 fully saturated rings. The first kappa shape index (κ1) is 19.9. The Kier molecular flexibility index (Phi) is 5.99. The molecule has 0 spiro atoms. The molecule has 28 heavy (non-hydrogen) atoms. The highest BCUT2D eigenvalue weighted by molar-refractivity contribution is 7.09. The van der Waals surface area contributed by atoms with Crippen molar-refractivity contribution >= 4 is 28.7 Å². The van der Waals surface area contributed by atoms with Gasteiger partial charge in [-0.25, -0.2) is 4.79 Å². The molecule has 146 valence electrons. The van der Waals surface area contributed by atoms with Crippen LogP contribution in [0.25, 0.3) is 0 Å². The molecule has 0 atom stereocenters. The first-order valence-corrected chi connectivity index (χ1v) is 9.86. The number of carbonyl (C=O) groups is 1. The lowest BCUT2D eigenvalue weighted by atomic mass is 10.1. The fraction of sp³-hybridized carbons (Fsp3) is 0.273. The maximum atomic E-state index is 12.5. The Bertz CT molecular complexity index is 933. The van der Waals surface area contributed by atoms with Crippen molar-refractivity contribution in [2.75, 3.05) is 12.0 Å². The summed E-state index contributed by atoms with van der Waals surface area (Å²) in [5.74, 6) is 0.438. The second-order valence-corrected chi connectivity index (χ2v) is 8.28. The molecule has 1 aromatic heterocycles. The summed E-state index contributed by atoms with van der Waals surface area (Å²) in [6.45, 7) is 6.22. The standard InChI is InChI=1S/C22H24N2O3S/c1-22(2,3)27-21(25)16-7-5-8-17(11-16)24(14-20-13-23-15-28-20)18-9-6-10-19(12-18)26-4/h5-13,15H,14H2,1-4H3. The number of esters is 1. The van der Waals surface area contributed by atoms with Crippen molar-refractivity contribution in [3.63, 3.8) is 0 Å². The molecule has 0 aliphatic rings. The van der Waals surface area contributed by atoms with Crippen molar-refractivity contribution in [3.8, 4) is 5.75 Å². The Morgan fingerprint density at radius 1 is 1.11 bits per heavy atom. The van der Waals surface area contributed by atoms with Crippen molar-refractivity contribution in [2.24, 2.45) is 0 Å². The maximum Gasteiger partial charge on any atom is 0.338 e. The van der Waals surface area contributed by atoms with E-state index >= 15 is 0 Å². The van der Waals surface area contributed by atoms with Gasteiger partial charge in [-0.05, 0) is 51.1 Å². The van der Waals surface area contributed by atoms with Crippen LogP contribution < -0.4 is 9.64 Å². The minimum Gasteiger partial charge on any atom is -0.497 e. The lowest BCUT2D eigenvalue weighted by Crippen LogP contribution is -2.24. The van der Waals surface area contributed by atoms with Crippen molar-refractivity contribution in [1.29, 1.82) is 0 Å². The van der Waals surface area contributed by atoms with Crippen LogP contribution in [-0.2, 0) is 11.3 Å². The highest BCUT2D eigenvalue weighted by Gasteiger charge is 2.19. The lowest BCUT2D eigenvalue weighted by Gasteiger charge is -2.26. The summed E-state index contributed by atoms with van der Waals surface area (Å²) in [5, 5.41) is 0. The zero-order valence-electron chi connectivity index (χ0n) is 16.5. The van der Waals surface area contributed by atoms with Gasteiger partial charge in [-0.1, -0.05) is 12.1 Å². The molecular weight excluding hydrogens is 372 g/mol. The monoisotopic (exact) mass is 396 g/mol. The topological polar surface area (TPSA) is 51.7 Å². The molecule has 5 nitrogen and oxygen atoms in total. The molecule has 3 rings (SSSR count). The zero-order valence-corrected chi connectivity index (χ0v) is 17.3. The van der Waals surface area contributed by atoms with E-state index in [1.165, 1.54) is 0 Å². The van der Waals surface area contributed by atoms with Crippen LogP contribution in [0.5, 0.6) is 5.75 Å². The molecule has 3 aromatic rings. The number of benzene rings is 2. The summed E-state index contributed by atoms with van der Waals surface area (Å²) in [4.78, 5) is 19.9. The van der Waals surface area contributed by atoms with Gasteiger partial charge in [0.25, 0.3) is 0 Å². The van der Waals surface area contributed by atoms with E-state index in [0.717, 1.165) is 22.0 Å². The summed E-state index contributed by atoms with van der Waals surface area (Å²) in [6, 6.07) is 15.3. The first-order chi connectivity index (χ1) is 13.4. The number of rotatable bonds is 6. The minimum absolute atomic E-state index is 0.335. The van der Waals surface area contributed by atoms with Crippen LogP contribution in [0.15, 0.2) is 60.2 Å². The van der Waals surface area contributed by atoms with E-state index in [2.05, 4.69) is 9.88 Å². The average molecular weight is 397 g/mol. The Labute approximate surface area is 169 Å². The van der Waals surface area contributed by atoms with Crippen LogP contribution in [0.3, 0.4) is 0 Å². The van der Waals surface area contributed by atoms with Crippen LogP contribution in [-0.4, -0.2) is 23.7 Å². The number of aromatic nitrogens is 1. The van der Waals surface area contributed by atoms with Gasteiger partial charge in [0.05, 0.1) is 24.7 Å². The van der Waals surface area contributed by atoms with E-state index in [9.17, 15) is 4.79 Å². The summed E-state index contributed by atoms with van der Waals surface area (Å²) >= 11 is 1.59. The largest absolute Gasteiger partial charge is 0.497 e. The number of hydrogen-bond donors (Lipinski definition) is 0. The summed E-state index contributed by atoms with van der Waals surface area (Å²) in [6.07, 6.45) is 1.86. The van der Waals surface area contributed by atoms with Crippen LogP contribution in [0.1, 0.15) is 36.0 Å². The third kappa shape index (κ3) is 5.10. The van der Waals surface area contributed by atoms with Gasteiger partial charge in [0, 0.05) is 28.5 Å². The number of anilines is 2. The minimum atomic E-state index is -0.539. The van der Waals surface area contributed by atoms with E-state index in [0.29, 0.717) is 12.1 Å². The van der Waals surface area contributed by atoms with Crippen LogP contribution in [0.2, 0.25) is 0 Å². The van der Waals surface area contributed by atoms with Crippen LogP contribution in [0, 0.1) is 0 Å². The van der Waals surface area contributed by atoms with Gasteiger partial charge in [-0.2, -0.15) is 0 Å². The predicted molar refractivity (Wildman–Crippen MR) is 113 cm³/mol. The predicted octanol–water partition coefficient (Wildman–Crippen LogP) is 5.45. The van der Waals surface area contributed by atoms with E-state index in [1.54, 1.807) is 24.5 Å². The Balaban J connectivity index is 1.98.